The quantitative estimate of drug-likeness (QED) is 0.254. The fourth-order valence-corrected chi connectivity index (χ4v) is 4.47. The van der Waals surface area contributed by atoms with E-state index < -0.39 is 11.7 Å². The second kappa shape index (κ2) is 8.17. The van der Waals surface area contributed by atoms with Gasteiger partial charge in [-0.2, -0.15) is 13.2 Å². The molecule has 1 heterocycles. The molecule has 0 aliphatic rings. The van der Waals surface area contributed by atoms with Crippen molar-refractivity contribution in [1.29, 1.82) is 0 Å². The lowest BCUT2D eigenvalue weighted by Gasteiger charge is -2.09. The Kier molecular flexibility index (Phi) is 4.96. The summed E-state index contributed by atoms with van der Waals surface area (Å²) in [5, 5.41) is 2.20. The van der Waals surface area contributed by atoms with Crippen molar-refractivity contribution in [3.63, 3.8) is 0 Å². The first-order valence-electron chi connectivity index (χ1n) is 11.3. The highest BCUT2D eigenvalue weighted by molar-refractivity contribution is 6.06. The van der Waals surface area contributed by atoms with Crippen LogP contribution < -0.4 is 0 Å². The first-order valence-corrected chi connectivity index (χ1v) is 11.3. The predicted molar refractivity (Wildman–Crippen MR) is 135 cm³/mol. The lowest BCUT2D eigenvalue weighted by molar-refractivity contribution is -0.137. The van der Waals surface area contributed by atoms with Crippen LogP contribution in [0.3, 0.4) is 0 Å². The van der Waals surface area contributed by atoms with Crippen molar-refractivity contribution in [3.8, 4) is 33.4 Å². The highest BCUT2D eigenvalue weighted by Gasteiger charge is 2.29. The lowest BCUT2D eigenvalue weighted by Crippen LogP contribution is -2.03. The summed E-state index contributed by atoms with van der Waals surface area (Å²) in [7, 11) is 0. The Hall–Kier alpha value is -4.31. The first kappa shape index (κ1) is 21.2. The normalized spacial score (nSPS) is 11.9. The number of furan rings is 1. The fourth-order valence-electron chi connectivity index (χ4n) is 4.47. The van der Waals surface area contributed by atoms with Crippen LogP contribution in [0.15, 0.2) is 120 Å². The SMILES string of the molecule is FC(F)(F)c1ccc(-c2ccc(-c3ccc(-c4ccc5oc6ccccc6c5c4)cc3)cc2)cc1. The number of para-hydroxylation sites is 1. The minimum atomic E-state index is -4.33. The van der Waals surface area contributed by atoms with E-state index in [1.807, 2.05) is 48.5 Å². The molecule has 5 aromatic carbocycles. The number of alkyl halides is 3. The molecule has 6 aromatic rings. The Morgan fingerprint density at radius 3 is 1.40 bits per heavy atom. The summed E-state index contributed by atoms with van der Waals surface area (Å²) < 4.78 is 44.4. The first-order chi connectivity index (χ1) is 17.0. The van der Waals surface area contributed by atoms with Gasteiger partial charge in [-0.15, -0.1) is 0 Å². The molecule has 1 nitrogen and oxygen atoms in total. The van der Waals surface area contributed by atoms with Crippen molar-refractivity contribution in [2.24, 2.45) is 0 Å². The van der Waals surface area contributed by atoms with Gasteiger partial charge in [-0.05, 0) is 63.7 Å². The van der Waals surface area contributed by atoms with Crippen molar-refractivity contribution in [2.75, 3.05) is 0 Å². The van der Waals surface area contributed by atoms with Gasteiger partial charge in [-0.25, -0.2) is 0 Å². The van der Waals surface area contributed by atoms with E-state index in [4.69, 9.17) is 4.42 Å². The average molecular weight is 464 g/mol. The maximum atomic E-state index is 12.8. The molecule has 0 radical (unpaired) electrons. The monoisotopic (exact) mass is 464 g/mol. The van der Waals surface area contributed by atoms with Gasteiger partial charge in [0.15, 0.2) is 0 Å². The van der Waals surface area contributed by atoms with Crippen LogP contribution in [0.25, 0.3) is 55.3 Å². The second-order valence-electron chi connectivity index (χ2n) is 8.54. The lowest BCUT2D eigenvalue weighted by atomic mass is 9.97. The number of benzene rings is 5. The van der Waals surface area contributed by atoms with Crippen molar-refractivity contribution in [1.82, 2.24) is 0 Å². The minimum absolute atomic E-state index is 0.641. The van der Waals surface area contributed by atoms with Gasteiger partial charge in [0.2, 0.25) is 0 Å². The molecule has 170 valence electrons. The topological polar surface area (TPSA) is 13.1 Å². The molecule has 0 saturated heterocycles. The van der Waals surface area contributed by atoms with Gasteiger partial charge in [0.05, 0.1) is 5.56 Å². The summed E-state index contributed by atoms with van der Waals surface area (Å²) in [4.78, 5) is 0. The van der Waals surface area contributed by atoms with Crippen LogP contribution >= 0.6 is 0 Å². The predicted octanol–water partition coefficient (Wildman–Crippen LogP) is 9.61. The van der Waals surface area contributed by atoms with Crippen molar-refractivity contribution >= 4 is 21.9 Å². The largest absolute Gasteiger partial charge is 0.456 e. The standard InChI is InChI=1S/C31H19F3O/c32-31(33,34)26-16-13-23(14-17-26)22-7-5-20(6-8-22)21-9-11-24(12-10-21)25-15-18-30-28(19-25)27-3-1-2-4-29(27)35-30/h1-19H. The minimum Gasteiger partial charge on any atom is -0.456 e. The van der Waals surface area contributed by atoms with E-state index in [9.17, 15) is 13.2 Å². The van der Waals surface area contributed by atoms with Crippen molar-refractivity contribution in [2.45, 2.75) is 6.18 Å². The second-order valence-corrected chi connectivity index (χ2v) is 8.54. The van der Waals surface area contributed by atoms with Crippen molar-refractivity contribution in [3.05, 3.63) is 121 Å². The van der Waals surface area contributed by atoms with E-state index in [1.54, 1.807) is 0 Å². The zero-order valence-corrected chi connectivity index (χ0v) is 18.5. The smallest absolute Gasteiger partial charge is 0.416 e. The van der Waals surface area contributed by atoms with Gasteiger partial charge in [-0.1, -0.05) is 84.9 Å². The molecule has 4 heteroatoms. The van der Waals surface area contributed by atoms with E-state index in [0.29, 0.717) is 0 Å². The number of fused-ring (bicyclic) bond motifs is 3. The summed E-state index contributed by atoms with van der Waals surface area (Å²) >= 11 is 0. The summed E-state index contributed by atoms with van der Waals surface area (Å²) in [5.74, 6) is 0. The maximum Gasteiger partial charge on any atom is 0.416 e. The fraction of sp³-hybridized carbons (Fsp3) is 0.0323. The van der Waals surface area contributed by atoms with E-state index in [1.165, 1.54) is 12.1 Å². The van der Waals surface area contributed by atoms with E-state index in [0.717, 1.165) is 67.5 Å². The summed E-state index contributed by atoms with van der Waals surface area (Å²) in [5.41, 5.74) is 7.09. The van der Waals surface area contributed by atoms with Gasteiger partial charge >= 0.3 is 6.18 Å². The van der Waals surface area contributed by atoms with Crippen LogP contribution in [-0.2, 0) is 6.18 Å². The molecule has 0 fully saturated rings. The molecule has 0 bridgehead atoms. The summed E-state index contributed by atoms with van der Waals surface area (Å²) in [6.07, 6.45) is -4.33. The third-order valence-corrected chi connectivity index (χ3v) is 6.36. The van der Waals surface area contributed by atoms with Gasteiger partial charge < -0.3 is 4.42 Å². The molecule has 0 saturated carbocycles. The Bertz CT molecular complexity index is 1640. The van der Waals surface area contributed by atoms with E-state index in [2.05, 4.69) is 42.5 Å². The highest BCUT2D eigenvalue weighted by Crippen LogP contribution is 2.34. The Labute approximate surface area is 200 Å². The Morgan fingerprint density at radius 2 is 0.857 bits per heavy atom. The summed E-state index contributed by atoms with van der Waals surface area (Å²) in [6, 6.07) is 35.7. The molecule has 0 N–H and O–H groups in total. The molecular weight excluding hydrogens is 445 g/mol. The number of hydrogen-bond acceptors (Lipinski definition) is 1. The number of halogens is 3. The van der Waals surface area contributed by atoms with Gasteiger partial charge in [-0.3, -0.25) is 0 Å². The van der Waals surface area contributed by atoms with E-state index >= 15 is 0 Å². The zero-order chi connectivity index (χ0) is 24.0. The number of hydrogen-bond donors (Lipinski definition) is 0. The van der Waals surface area contributed by atoms with E-state index in [-0.39, 0.29) is 0 Å². The molecule has 0 amide bonds. The van der Waals surface area contributed by atoms with Crippen LogP contribution in [0.4, 0.5) is 13.2 Å². The molecule has 6 rings (SSSR count). The van der Waals surface area contributed by atoms with Gasteiger partial charge in [0, 0.05) is 10.8 Å². The third kappa shape index (κ3) is 3.97. The van der Waals surface area contributed by atoms with Crippen molar-refractivity contribution < 1.29 is 17.6 Å². The maximum absolute atomic E-state index is 12.8. The Balaban J connectivity index is 1.25. The molecule has 1 aromatic heterocycles. The van der Waals surface area contributed by atoms with Gasteiger partial charge in [0.1, 0.15) is 11.2 Å². The van der Waals surface area contributed by atoms with Crippen LogP contribution in [0.5, 0.6) is 0 Å². The highest BCUT2D eigenvalue weighted by atomic mass is 19.4. The molecule has 0 unspecified atom stereocenters. The van der Waals surface area contributed by atoms with Crippen LogP contribution in [0.2, 0.25) is 0 Å². The van der Waals surface area contributed by atoms with Crippen LogP contribution in [-0.4, -0.2) is 0 Å². The molecule has 35 heavy (non-hydrogen) atoms. The van der Waals surface area contributed by atoms with Crippen LogP contribution in [0, 0.1) is 0 Å². The number of rotatable bonds is 3. The third-order valence-electron chi connectivity index (χ3n) is 6.36. The molecular formula is C31H19F3O. The summed E-state index contributed by atoms with van der Waals surface area (Å²) in [6.45, 7) is 0. The Morgan fingerprint density at radius 1 is 0.429 bits per heavy atom. The molecule has 0 aliphatic carbocycles. The molecule has 0 spiro atoms. The van der Waals surface area contributed by atoms with Crippen LogP contribution in [0.1, 0.15) is 5.56 Å². The zero-order valence-electron chi connectivity index (χ0n) is 18.5. The average Bonchev–Trinajstić information content (AvgIpc) is 3.26. The molecule has 0 atom stereocenters. The van der Waals surface area contributed by atoms with Gasteiger partial charge in [0.25, 0.3) is 0 Å². The molecule has 0 aliphatic heterocycles.